The second kappa shape index (κ2) is 11.1. The number of unbranched alkanes of at least 4 members (excludes halogenated alkanes) is 1. The summed E-state index contributed by atoms with van der Waals surface area (Å²) >= 11 is 0. The van der Waals surface area contributed by atoms with E-state index in [0.29, 0.717) is 31.0 Å². The van der Waals surface area contributed by atoms with E-state index in [2.05, 4.69) is 39.8 Å². The predicted molar refractivity (Wildman–Crippen MR) is 101 cm³/mol. The van der Waals surface area contributed by atoms with Gasteiger partial charge in [0, 0.05) is 6.92 Å². The minimum atomic E-state index is -0.300. The van der Waals surface area contributed by atoms with Gasteiger partial charge >= 0.3 is 5.97 Å². The molecule has 0 spiro atoms. The van der Waals surface area contributed by atoms with Gasteiger partial charge in [0.25, 0.3) is 0 Å². The molecule has 1 rings (SSSR count). The first-order valence-corrected chi connectivity index (χ1v) is 9.32. The van der Waals surface area contributed by atoms with Gasteiger partial charge in [-0.2, -0.15) is 0 Å². The second-order valence-corrected chi connectivity index (χ2v) is 7.19. The standard InChI is InChI=1S/C21H34O4/c1-15(2)21(16(3)4)19-9-11-20(12-10-19)25-18(6)24-14-8-7-13-23-17(5)22/h9-12,15-16,18,21H,7-8,13-14H2,1-6H3. The van der Waals surface area contributed by atoms with Crippen LogP contribution in [0.4, 0.5) is 0 Å². The monoisotopic (exact) mass is 350 g/mol. The first-order chi connectivity index (χ1) is 11.8. The molecule has 0 saturated heterocycles. The van der Waals surface area contributed by atoms with Crippen LogP contribution in [0.3, 0.4) is 0 Å². The molecule has 142 valence electrons. The average molecular weight is 350 g/mol. The van der Waals surface area contributed by atoms with Crippen LogP contribution in [0.5, 0.6) is 5.75 Å². The highest BCUT2D eigenvalue weighted by molar-refractivity contribution is 5.65. The van der Waals surface area contributed by atoms with Gasteiger partial charge in [-0.05, 0) is 55.2 Å². The molecule has 4 heteroatoms. The summed E-state index contributed by atoms with van der Waals surface area (Å²) in [6.07, 6.45) is 1.34. The quantitative estimate of drug-likeness (QED) is 0.314. The van der Waals surface area contributed by atoms with Crippen molar-refractivity contribution in [1.29, 1.82) is 0 Å². The lowest BCUT2D eigenvalue weighted by Crippen LogP contribution is -2.17. The maximum Gasteiger partial charge on any atom is 0.302 e. The van der Waals surface area contributed by atoms with Gasteiger partial charge in [-0.3, -0.25) is 4.79 Å². The molecular formula is C21H34O4. The summed E-state index contributed by atoms with van der Waals surface area (Å²) in [4.78, 5) is 10.7. The fourth-order valence-electron chi connectivity index (χ4n) is 3.20. The summed E-state index contributed by atoms with van der Waals surface area (Å²) in [5, 5.41) is 0. The Kier molecular flexibility index (Phi) is 9.58. The summed E-state index contributed by atoms with van der Waals surface area (Å²) in [5.74, 6) is 2.36. The Bertz CT molecular complexity index is 485. The van der Waals surface area contributed by atoms with E-state index in [9.17, 15) is 4.79 Å². The molecule has 0 N–H and O–H groups in total. The molecule has 1 aromatic rings. The molecule has 0 aliphatic heterocycles. The number of hydrogen-bond donors (Lipinski definition) is 0. The molecule has 4 nitrogen and oxygen atoms in total. The summed E-state index contributed by atoms with van der Waals surface area (Å²) in [6, 6.07) is 8.36. The minimum absolute atomic E-state index is 0.238. The van der Waals surface area contributed by atoms with Gasteiger partial charge in [0.15, 0.2) is 6.29 Å². The molecule has 1 aromatic carbocycles. The van der Waals surface area contributed by atoms with Crippen molar-refractivity contribution < 1.29 is 19.0 Å². The predicted octanol–water partition coefficient (Wildman–Crippen LogP) is 5.17. The van der Waals surface area contributed by atoms with Crippen LogP contribution in [-0.2, 0) is 14.3 Å². The van der Waals surface area contributed by atoms with Crippen LogP contribution in [0.15, 0.2) is 24.3 Å². The third kappa shape index (κ3) is 8.39. The van der Waals surface area contributed by atoms with Crippen molar-refractivity contribution in [3.63, 3.8) is 0 Å². The molecule has 1 unspecified atom stereocenters. The smallest absolute Gasteiger partial charge is 0.302 e. The van der Waals surface area contributed by atoms with Gasteiger partial charge in [0.1, 0.15) is 5.75 Å². The Morgan fingerprint density at radius 2 is 1.48 bits per heavy atom. The fraction of sp³-hybridized carbons (Fsp3) is 0.667. The molecule has 0 aliphatic carbocycles. The van der Waals surface area contributed by atoms with Gasteiger partial charge in [-0.1, -0.05) is 39.8 Å². The molecule has 0 heterocycles. The van der Waals surface area contributed by atoms with Crippen LogP contribution >= 0.6 is 0 Å². The van der Waals surface area contributed by atoms with Crippen molar-refractivity contribution in [1.82, 2.24) is 0 Å². The first-order valence-electron chi connectivity index (χ1n) is 9.32. The number of hydrogen-bond acceptors (Lipinski definition) is 4. The number of rotatable bonds is 11. The number of ether oxygens (including phenoxy) is 3. The summed E-state index contributed by atoms with van der Waals surface area (Å²) < 4.78 is 16.3. The van der Waals surface area contributed by atoms with Crippen LogP contribution in [0, 0.1) is 11.8 Å². The molecule has 1 atom stereocenters. The van der Waals surface area contributed by atoms with E-state index in [1.807, 2.05) is 19.1 Å². The van der Waals surface area contributed by atoms with Gasteiger partial charge in [0.2, 0.25) is 0 Å². The van der Waals surface area contributed by atoms with E-state index in [0.717, 1.165) is 18.6 Å². The highest BCUT2D eigenvalue weighted by atomic mass is 16.7. The maximum absolute atomic E-state index is 10.7. The van der Waals surface area contributed by atoms with Crippen LogP contribution in [0.1, 0.15) is 65.9 Å². The number of benzene rings is 1. The summed E-state index contributed by atoms with van der Waals surface area (Å²) in [5.41, 5.74) is 1.36. The van der Waals surface area contributed by atoms with Crippen molar-refractivity contribution in [2.75, 3.05) is 13.2 Å². The fourth-order valence-corrected chi connectivity index (χ4v) is 3.20. The molecular weight excluding hydrogens is 316 g/mol. The molecule has 0 saturated carbocycles. The molecule has 0 aliphatic rings. The van der Waals surface area contributed by atoms with Crippen LogP contribution < -0.4 is 4.74 Å². The topological polar surface area (TPSA) is 44.8 Å². The molecule has 0 bridgehead atoms. The molecule has 0 radical (unpaired) electrons. The number of esters is 1. The Morgan fingerprint density at radius 3 is 2.00 bits per heavy atom. The molecule has 0 amide bonds. The SMILES string of the molecule is CC(=O)OCCCCOC(C)Oc1ccc(C(C(C)C)C(C)C)cc1. The zero-order valence-corrected chi connectivity index (χ0v) is 16.6. The summed E-state index contributed by atoms with van der Waals surface area (Å²) in [7, 11) is 0. The van der Waals surface area contributed by atoms with E-state index in [1.165, 1.54) is 12.5 Å². The van der Waals surface area contributed by atoms with Crippen molar-refractivity contribution in [2.45, 2.75) is 66.6 Å². The van der Waals surface area contributed by atoms with Crippen LogP contribution in [0.25, 0.3) is 0 Å². The molecule has 25 heavy (non-hydrogen) atoms. The Balaban J connectivity index is 2.38. The van der Waals surface area contributed by atoms with Crippen molar-refractivity contribution in [3.8, 4) is 5.75 Å². The summed E-state index contributed by atoms with van der Waals surface area (Å²) in [6.45, 7) is 13.4. The number of carbonyl (C=O) groups is 1. The first kappa shape index (κ1) is 21.5. The third-order valence-corrected chi connectivity index (χ3v) is 4.20. The van der Waals surface area contributed by atoms with Gasteiger partial charge in [-0.15, -0.1) is 0 Å². The lowest BCUT2D eigenvalue weighted by Gasteiger charge is -2.25. The highest BCUT2D eigenvalue weighted by Gasteiger charge is 2.19. The lowest BCUT2D eigenvalue weighted by atomic mass is 9.80. The zero-order chi connectivity index (χ0) is 18.8. The molecule has 0 fully saturated rings. The molecule has 0 aromatic heterocycles. The van der Waals surface area contributed by atoms with Gasteiger partial charge in [-0.25, -0.2) is 0 Å². The Hall–Kier alpha value is -1.55. The van der Waals surface area contributed by atoms with Crippen LogP contribution in [-0.4, -0.2) is 25.5 Å². The third-order valence-electron chi connectivity index (χ3n) is 4.20. The average Bonchev–Trinajstić information content (AvgIpc) is 2.51. The van der Waals surface area contributed by atoms with Crippen molar-refractivity contribution in [3.05, 3.63) is 29.8 Å². The maximum atomic E-state index is 10.7. The van der Waals surface area contributed by atoms with Crippen molar-refractivity contribution >= 4 is 5.97 Å². The van der Waals surface area contributed by atoms with Crippen LogP contribution in [0.2, 0.25) is 0 Å². The Labute approximate surface area is 152 Å². The largest absolute Gasteiger partial charge is 0.466 e. The zero-order valence-electron chi connectivity index (χ0n) is 16.6. The normalized spacial score (nSPS) is 12.7. The van der Waals surface area contributed by atoms with Crippen molar-refractivity contribution in [2.24, 2.45) is 11.8 Å². The Morgan fingerprint density at radius 1 is 0.920 bits per heavy atom. The van der Waals surface area contributed by atoms with E-state index >= 15 is 0 Å². The van der Waals surface area contributed by atoms with E-state index in [4.69, 9.17) is 14.2 Å². The number of carbonyl (C=O) groups excluding carboxylic acids is 1. The van der Waals surface area contributed by atoms with E-state index in [-0.39, 0.29) is 12.3 Å². The minimum Gasteiger partial charge on any atom is -0.466 e. The van der Waals surface area contributed by atoms with Gasteiger partial charge in [0.05, 0.1) is 13.2 Å². The second-order valence-electron chi connectivity index (χ2n) is 7.19. The highest BCUT2D eigenvalue weighted by Crippen LogP contribution is 2.32. The van der Waals surface area contributed by atoms with Gasteiger partial charge < -0.3 is 14.2 Å². The van der Waals surface area contributed by atoms with E-state index in [1.54, 1.807) is 0 Å². The lowest BCUT2D eigenvalue weighted by molar-refractivity contribution is -0.141. The van der Waals surface area contributed by atoms with E-state index < -0.39 is 0 Å².